The first kappa shape index (κ1) is 22.5. The fourth-order valence-corrected chi connectivity index (χ4v) is 6.35. The number of carbonyl (C=O) groups excluding carboxylic acids is 1. The quantitative estimate of drug-likeness (QED) is 0.532. The first-order valence-electron chi connectivity index (χ1n) is 11.5. The summed E-state index contributed by atoms with van der Waals surface area (Å²) in [6, 6.07) is 17.5. The number of nitrogens with zero attached hydrogens (tertiary/aromatic N) is 1. The number of amides is 1. The lowest BCUT2D eigenvalue weighted by Crippen LogP contribution is -2.22. The van der Waals surface area contributed by atoms with Crippen molar-refractivity contribution in [3.05, 3.63) is 89.2 Å². The minimum atomic E-state index is -3.79. The lowest BCUT2D eigenvalue weighted by Gasteiger charge is -2.24. The molecule has 1 aliphatic carbocycles. The second kappa shape index (κ2) is 9.14. The van der Waals surface area contributed by atoms with E-state index in [1.807, 2.05) is 12.1 Å². The normalized spacial score (nSPS) is 17.1. The topological polar surface area (TPSA) is 75.6 Å². The van der Waals surface area contributed by atoms with Gasteiger partial charge in [-0.2, -0.15) is 0 Å². The molecule has 1 fully saturated rings. The van der Waals surface area contributed by atoms with Gasteiger partial charge in [0, 0.05) is 23.6 Å². The molecule has 5 rings (SSSR count). The van der Waals surface area contributed by atoms with Gasteiger partial charge in [-0.3, -0.25) is 9.79 Å². The Balaban J connectivity index is 1.53. The summed E-state index contributed by atoms with van der Waals surface area (Å²) in [5.41, 5.74) is 2.84. The second-order valence-electron chi connectivity index (χ2n) is 8.82. The number of carbonyl (C=O) groups is 1. The van der Waals surface area contributed by atoms with Crippen molar-refractivity contribution < 1.29 is 17.6 Å². The zero-order valence-corrected chi connectivity index (χ0v) is 19.4. The van der Waals surface area contributed by atoms with Crippen molar-refractivity contribution in [2.75, 3.05) is 0 Å². The first-order valence-corrected chi connectivity index (χ1v) is 13.0. The molecule has 5 nitrogen and oxygen atoms in total. The second-order valence-corrected chi connectivity index (χ2v) is 10.7. The van der Waals surface area contributed by atoms with Crippen molar-refractivity contribution in [3.8, 4) is 0 Å². The highest BCUT2D eigenvalue weighted by molar-refractivity contribution is 7.91. The van der Waals surface area contributed by atoms with E-state index >= 15 is 0 Å². The van der Waals surface area contributed by atoms with Crippen LogP contribution in [0.1, 0.15) is 53.6 Å². The maximum Gasteiger partial charge on any atom is 0.251 e. The molecule has 34 heavy (non-hydrogen) atoms. The number of rotatable bonds is 4. The van der Waals surface area contributed by atoms with Crippen LogP contribution in [-0.4, -0.2) is 20.0 Å². The molecule has 1 saturated carbocycles. The predicted octanol–water partition coefficient (Wildman–Crippen LogP) is 5.60. The number of hydrogen-bond donors (Lipinski definition) is 1. The number of fused-ring (bicyclic) bond motifs is 2. The Labute approximate surface area is 198 Å². The van der Waals surface area contributed by atoms with Crippen LogP contribution >= 0.6 is 0 Å². The molecule has 0 radical (unpaired) electrons. The average molecular weight is 477 g/mol. The lowest BCUT2D eigenvalue weighted by atomic mass is 9.83. The Morgan fingerprint density at radius 1 is 0.941 bits per heavy atom. The highest BCUT2D eigenvalue weighted by Crippen LogP contribution is 2.39. The Hall–Kier alpha value is -3.32. The maximum absolute atomic E-state index is 13.6. The van der Waals surface area contributed by atoms with E-state index in [4.69, 9.17) is 4.99 Å². The maximum atomic E-state index is 13.6. The summed E-state index contributed by atoms with van der Waals surface area (Å²) < 4.78 is 40.2. The van der Waals surface area contributed by atoms with Gasteiger partial charge in [0.1, 0.15) is 5.82 Å². The van der Waals surface area contributed by atoms with E-state index in [0.717, 1.165) is 37.0 Å². The van der Waals surface area contributed by atoms with Gasteiger partial charge < -0.3 is 5.32 Å². The highest BCUT2D eigenvalue weighted by atomic mass is 32.2. The Kier molecular flexibility index (Phi) is 6.04. The van der Waals surface area contributed by atoms with Crippen molar-refractivity contribution in [2.24, 2.45) is 10.9 Å². The lowest BCUT2D eigenvalue weighted by molar-refractivity contribution is 0.0951. The average Bonchev–Trinajstić information content (AvgIpc) is 2.96. The van der Waals surface area contributed by atoms with Gasteiger partial charge in [0.25, 0.3) is 5.91 Å². The van der Waals surface area contributed by atoms with Crippen molar-refractivity contribution in [1.82, 2.24) is 5.32 Å². The van der Waals surface area contributed by atoms with Gasteiger partial charge in [0.05, 0.1) is 21.2 Å². The first-order chi connectivity index (χ1) is 16.4. The van der Waals surface area contributed by atoms with Gasteiger partial charge >= 0.3 is 0 Å². The van der Waals surface area contributed by atoms with Gasteiger partial charge in [-0.05, 0) is 54.8 Å². The molecule has 7 heteroatoms. The van der Waals surface area contributed by atoms with Crippen molar-refractivity contribution in [1.29, 1.82) is 0 Å². The van der Waals surface area contributed by atoms with Gasteiger partial charge in [0.15, 0.2) is 0 Å². The zero-order chi connectivity index (χ0) is 23.7. The molecule has 3 aromatic carbocycles. The van der Waals surface area contributed by atoms with Crippen LogP contribution in [0.4, 0.5) is 10.1 Å². The number of benzene rings is 3. The third-order valence-electron chi connectivity index (χ3n) is 6.56. The standard InChI is InChI=1S/C27H25FN2O3S/c28-21-13-10-18(11-14-21)17-29-27(31)20-12-15-25-23(16-20)30-26(19-6-2-1-3-7-19)22-8-4-5-9-24(22)34(25,32)33/h4-5,8-16,19H,1-3,6-7,17H2,(H,29,31). The summed E-state index contributed by atoms with van der Waals surface area (Å²) in [6.07, 6.45) is 5.31. The Bertz CT molecular complexity index is 1380. The van der Waals surface area contributed by atoms with Crippen molar-refractivity contribution in [3.63, 3.8) is 0 Å². The third-order valence-corrected chi connectivity index (χ3v) is 8.42. The summed E-state index contributed by atoms with van der Waals surface area (Å²) in [5, 5.41) is 2.81. The summed E-state index contributed by atoms with van der Waals surface area (Å²) >= 11 is 0. The van der Waals surface area contributed by atoms with Crippen LogP contribution in [0.15, 0.2) is 81.5 Å². The highest BCUT2D eigenvalue weighted by Gasteiger charge is 2.32. The molecule has 2 aliphatic rings. The van der Waals surface area contributed by atoms with Crippen LogP contribution in [0.3, 0.4) is 0 Å². The molecule has 0 saturated heterocycles. The molecule has 1 aliphatic heterocycles. The number of nitrogens with one attached hydrogen (secondary N) is 1. The molecule has 1 heterocycles. The largest absolute Gasteiger partial charge is 0.348 e. The summed E-state index contributed by atoms with van der Waals surface area (Å²) in [4.78, 5) is 18.1. The third kappa shape index (κ3) is 4.28. The molecular weight excluding hydrogens is 451 g/mol. The van der Waals surface area contributed by atoms with Crippen LogP contribution in [-0.2, 0) is 16.4 Å². The van der Waals surface area contributed by atoms with Crippen molar-refractivity contribution in [2.45, 2.75) is 48.4 Å². The van der Waals surface area contributed by atoms with E-state index in [2.05, 4.69) is 5.32 Å². The Morgan fingerprint density at radius 2 is 1.68 bits per heavy atom. The molecule has 1 N–H and O–H groups in total. The fourth-order valence-electron chi connectivity index (χ4n) is 4.77. The fraction of sp³-hybridized carbons (Fsp3) is 0.259. The van der Waals surface area contributed by atoms with Gasteiger partial charge in [-0.15, -0.1) is 0 Å². The van der Waals surface area contributed by atoms with E-state index in [0.29, 0.717) is 16.8 Å². The SMILES string of the molecule is O=C(NCc1ccc(F)cc1)c1ccc2c(c1)N=C(C1CCCCC1)c1ccccc1S2(=O)=O. The molecule has 0 unspecified atom stereocenters. The van der Waals surface area contributed by atoms with Gasteiger partial charge in [-0.1, -0.05) is 49.6 Å². The van der Waals surface area contributed by atoms with Crippen LogP contribution in [0.2, 0.25) is 0 Å². The summed E-state index contributed by atoms with van der Waals surface area (Å²) in [7, 11) is -3.79. The van der Waals surface area contributed by atoms with Gasteiger partial charge in [-0.25, -0.2) is 12.8 Å². The summed E-state index contributed by atoms with van der Waals surface area (Å²) in [6.45, 7) is 0.233. The van der Waals surface area contributed by atoms with E-state index in [1.165, 1.54) is 30.7 Å². The smallest absolute Gasteiger partial charge is 0.251 e. The van der Waals surface area contributed by atoms with E-state index < -0.39 is 9.84 Å². The van der Waals surface area contributed by atoms with Gasteiger partial charge in [0.2, 0.25) is 9.84 Å². The molecule has 0 bridgehead atoms. The minimum absolute atomic E-state index is 0.112. The van der Waals surface area contributed by atoms with Crippen LogP contribution in [0.25, 0.3) is 0 Å². The van der Waals surface area contributed by atoms with Crippen LogP contribution in [0.5, 0.6) is 0 Å². The van der Waals surface area contributed by atoms with E-state index in [9.17, 15) is 17.6 Å². The number of hydrogen-bond acceptors (Lipinski definition) is 4. The molecular formula is C27H25FN2O3S. The van der Waals surface area contributed by atoms with Crippen molar-refractivity contribution >= 4 is 27.1 Å². The molecule has 3 aromatic rings. The molecule has 0 spiro atoms. The molecule has 0 atom stereocenters. The molecule has 1 amide bonds. The number of halogens is 1. The number of aliphatic imine (C=N–C) groups is 1. The Morgan fingerprint density at radius 3 is 2.44 bits per heavy atom. The van der Waals surface area contributed by atoms with Crippen LogP contribution < -0.4 is 5.32 Å². The monoisotopic (exact) mass is 476 g/mol. The minimum Gasteiger partial charge on any atom is -0.348 e. The van der Waals surface area contributed by atoms with Crippen LogP contribution in [0, 0.1) is 11.7 Å². The summed E-state index contributed by atoms with van der Waals surface area (Å²) in [5.74, 6) is -0.498. The number of sulfone groups is 1. The zero-order valence-electron chi connectivity index (χ0n) is 18.6. The predicted molar refractivity (Wildman–Crippen MR) is 129 cm³/mol. The molecule has 174 valence electrons. The van der Waals surface area contributed by atoms with E-state index in [1.54, 1.807) is 30.3 Å². The molecule has 0 aromatic heterocycles. The van der Waals surface area contributed by atoms with E-state index in [-0.39, 0.29) is 34.0 Å².